The number of sulfone groups is 1. The minimum Gasteiger partial charge on any atom is -0.488 e. The number of hydrogen-bond acceptors (Lipinski definition) is 6. The van der Waals surface area contributed by atoms with Gasteiger partial charge in [-0.3, -0.25) is 9.78 Å². The Bertz CT molecular complexity index is 1450. The first-order chi connectivity index (χ1) is 16.5. The zero-order valence-corrected chi connectivity index (χ0v) is 18.9. The van der Waals surface area contributed by atoms with Crippen LogP contribution in [-0.4, -0.2) is 31.4 Å². The van der Waals surface area contributed by atoms with E-state index in [1.165, 1.54) is 30.5 Å². The first-order valence-electron chi connectivity index (χ1n) is 9.95. The number of carbonyl (C=O) groups is 1. The van der Waals surface area contributed by atoms with Gasteiger partial charge in [-0.05, 0) is 71.5 Å². The van der Waals surface area contributed by atoms with Crippen molar-refractivity contribution in [2.45, 2.75) is 10.4 Å². The van der Waals surface area contributed by atoms with Gasteiger partial charge in [0.25, 0.3) is 9.84 Å². The van der Waals surface area contributed by atoms with E-state index in [-0.39, 0.29) is 12.2 Å². The summed E-state index contributed by atoms with van der Waals surface area (Å²) in [5.41, 5.74) is 7.17. The molecule has 11 heteroatoms. The Labute approximate surface area is 199 Å². The van der Waals surface area contributed by atoms with E-state index in [2.05, 4.69) is 11.6 Å². The van der Waals surface area contributed by atoms with Gasteiger partial charge >= 0.3 is 5.51 Å². The summed E-state index contributed by atoms with van der Waals surface area (Å²) in [7, 11) is -5.46. The van der Waals surface area contributed by atoms with Gasteiger partial charge in [0.2, 0.25) is 5.91 Å². The van der Waals surface area contributed by atoms with Crippen LogP contribution in [-0.2, 0) is 14.6 Å². The van der Waals surface area contributed by atoms with Crippen LogP contribution in [0.1, 0.15) is 0 Å². The van der Waals surface area contributed by atoms with Gasteiger partial charge in [-0.25, -0.2) is 8.42 Å². The van der Waals surface area contributed by atoms with Crippen molar-refractivity contribution in [2.75, 3.05) is 6.61 Å². The monoisotopic (exact) mass is 503 g/mol. The van der Waals surface area contributed by atoms with Crippen LogP contribution in [0.3, 0.4) is 0 Å². The number of aromatic nitrogens is 1. The van der Waals surface area contributed by atoms with E-state index in [4.69, 9.17) is 16.2 Å². The number of ether oxygens (including phenoxy) is 1. The second-order valence-corrected chi connectivity index (χ2v) is 9.18. The van der Waals surface area contributed by atoms with Gasteiger partial charge in [0.15, 0.2) is 0 Å². The minimum atomic E-state index is -5.46. The van der Waals surface area contributed by atoms with E-state index in [1.54, 1.807) is 30.5 Å². The van der Waals surface area contributed by atoms with Crippen molar-refractivity contribution in [1.29, 1.82) is 0 Å². The van der Waals surface area contributed by atoms with Gasteiger partial charge in [0.05, 0.1) is 10.4 Å². The SMILES string of the molecule is C=C(COc1cc(-c2ccc(S(=O)(=O)C(F)(F)F)cc2)cc2ncccc12)/C(=C\C=C/N)C(N)=O. The molecule has 0 aliphatic carbocycles. The van der Waals surface area contributed by atoms with Gasteiger partial charge in [0, 0.05) is 17.2 Å². The highest BCUT2D eigenvalue weighted by atomic mass is 32.2. The Balaban J connectivity index is 1.97. The van der Waals surface area contributed by atoms with Gasteiger partial charge in [0.1, 0.15) is 12.4 Å². The summed E-state index contributed by atoms with van der Waals surface area (Å²) in [6, 6.07) is 11.1. The van der Waals surface area contributed by atoms with Crippen LogP contribution >= 0.6 is 0 Å². The molecule has 3 aromatic rings. The number of carbonyl (C=O) groups excluding carboxylic acids is 1. The van der Waals surface area contributed by atoms with Crippen molar-refractivity contribution in [1.82, 2.24) is 4.98 Å². The van der Waals surface area contributed by atoms with E-state index < -0.39 is 26.1 Å². The fraction of sp³-hybridized carbons (Fsp3) is 0.0833. The van der Waals surface area contributed by atoms with Crippen LogP contribution in [0.2, 0.25) is 0 Å². The van der Waals surface area contributed by atoms with Crippen LogP contribution in [0.5, 0.6) is 5.75 Å². The molecule has 0 bridgehead atoms. The molecule has 0 atom stereocenters. The Morgan fingerprint density at radius 3 is 2.40 bits per heavy atom. The van der Waals surface area contributed by atoms with E-state index in [1.807, 2.05) is 0 Å². The van der Waals surface area contributed by atoms with E-state index in [0.29, 0.717) is 33.4 Å². The highest BCUT2D eigenvalue weighted by Crippen LogP contribution is 2.34. The molecule has 182 valence electrons. The summed E-state index contributed by atoms with van der Waals surface area (Å²) in [6.07, 6.45) is 5.61. The first kappa shape index (κ1) is 25.5. The molecule has 0 aliphatic heterocycles. The van der Waals surface area contributed by atoms with Crippen molar-refractivity contribution in [3.05, 3.63) is 90.8 Å². The summed E-state index contributed by atoms with van der Waals surface area (Å²) in [5, 5.41) is 0.631. The molecule has 1 aromatic heterocycles. The molecule has 7 nitrogen and oxygen atoms in total. The average molecular weight is 504 g/mol. The third-order valence-electron chi connectivity index (χ3n) is 4.91. The highest BCUT2D eigenvalue weighted by molar-refractivity contribution is 7.92. The summed E-state index contributed by atoms with van der Waals surface area (Å²) in [6.45, 7) is 3.72. The standard InChI is InChI=1S/C24H20F3N3O4S/c1-15(19(23(29)31)4-2-10-28)14-34-22-13-17(12-21-20(22)5-3-11-30-21)16-6-8-18(9-7-16)35(32,33)24(25,26)27/h2-13H,1,14,28H2,(H2,29,31)/b10-2-,19-4+. The topological polar surface area (TPSA) is 125 Å². The number of hydrogen-bond donors (Lipinski definition) is 2. The Hall–Kier alpha value is -4.12. The van der Waals surface area contributed by atoms with Crippen LogP contribution in [0, 0.1) is 0 Å². The Kier molecular flexibility index (Phi) is 7.30. The number of fused-ring (bicyclic) bond motifs is 1. The predicted octanol–water partition coefficient (Wildman–Crippen LogP) is 4.01. The second-order valence-electron chi connectivity index (χ2n) is 7.24. The fourth-order valence-corrected chi connectivity index (χ4v) is 3.93. The molecule has 2 aromatic carbocycles. The first-order valence-corrected chi connectivity index (χ1v) is 11.4. The summed E-state index contributed by atoms with van der Waals surface area (Å²) < 4.78 is 67.7. The van der Waals surface area contributed by atoms with Crippen LogP contribution in [0.4, 0.5) is 13.2 Å². The summed E-state index contributed by atoms with van der Waals surface area (Å²) >= 11 is 0. The molecule has 0 unspecified atom stereocenters. The van der Waals surface area contributed by atoms with Crippen molar-refractivity contribution >= 4 is 26.6 Å². The lowest BCUT2D eigenvalue weighted by atomic mass is 10.0. The van der Waals surface area contributed by atoms with Gasteiger partial charge in [-0.1, -0.05) is 18.7 Å². The average Bonchev–Trinajstić information content (AvgIpc) is 2.81. The lowest BCUT2D eigenvalue weighted by Gasteiger charge is -2.14. The zero-order valence-electron chi connectivity index (χ0n) is 18.1. The smallest absolute Gasteiger partial charge is 0.488 e. The number of allylic oxidation sites excluding steroid dienone is 2. The molecule has 1 amide bonds. The second kappa shape index (κ2) is 10.0. The summed E-state index contributed by atoms with van der Waals surface area (Å²) in [4.78, 5) is 15.1. The summed E-state index contributed by atoms with van der Waals surface area (Å²) in [5.74, 6) is -0.359. The number of benzene rings is 2. The van der Waals surface area contributed by atoms with Crippen molar-refractivity contribution in [2.24, 2.45) is 11.5 Å². The number of primary amides is 1. The Morgan fingerprint density at radius 2 is 1.80 bits per heavy atom. The molecule has 1 heterocycles. The maximum atomic E-state index is 12.8. The molecule has 0 saturated carbocycles. The van der Waals surface area contributed by atoms with E-state index in [9.17, 15) is 26.4 Å². The normalized spacial score (nSPS) is 12.7. The molecule has 0 fully saturated rings. The number of rotatable bonds is 8. The lowest BCUT2D eigenvalue weighted by Crippen LogP contribution is -2.23. The fourth-order valence-electron chi connectivity index (χ4n) is 3.16. The molecule has 0 aliphatic rings. The van der Waals surface area contributed by atoms with Gasteiger partial charge in [-0.2, -0.15) is 13.2 Å². The third-order valence-corrected chi connectivity index (χ3v) is 6.41. The van der Waals surface area contributed by atoms with E-state index >= 15 is 0 Å². The number of alkyl halides is 3. The minimum absolute atomic E-state index is 0.108. The van der Waals surface area contributed by atoms with Crippen LogP contribution < -0.4 is 16.2 Å². The molecule has 35 heavy (non-hydrogen) atoms. The van der Waals surface area contributed by atoms with Crippen LogP contribution in [0.25, 0.3) is 22.0 Å². The van der Waals surface area contributed by atoms with Crippen molar-refractivity contribution in [3.8, 4) is 16.9 Å². The maximum Gasteiger partial charge on any atom is 0.501 e. The molecule has 4 N–H and O–H groups in total. The lowest BCUT2D eigenvalue weighted by molar-refractivity contribution is -0.114. The van der Waals surface area contributed by atoms with E-state index in [0.717, 1.165) is 12.1 Å². The number of amides is 1. The third kappa shape index (κ3) is 5.52. The largest absolute Gasteiger partial charge is 0.501 e. The van der Waals surface area contributed by atoms with Gasteiger partial charge in [-0.15, -0.1) is 0 Å². The number of halogens is 3. The molecule has 0 saturated heterocycles. The van der Waals surface area contributed by atoms with Gasteiger partial charge < -0.3 is 16.2 Å². The van der Waals surface area contributed by atoms with Crippen molar-refractivity contribution < 1.29 is 31.1 Å². The van der Waals surface area contributed by atoms with Crippen molar-refractivity contribution in [3.63, 3.8) is 0 Å². The molecular weight excluding hydrogens is 483 g/mol. The quantitative estimate of drug-likeness (QED) is 0.353. The van der Waals surface area contributed by atoms with Crippen LogP contribution in [0.15, 0.2) is 95.7 Å². The number of pyridine rings is 1. The Morgan fingerprint density at radius 1 is 1.11 bits per heavy atom. The molecule has 3 rings (SSSR count). The predicted molar refractivity (Wildman–Crippen MR) is 126 cm³/mol. The number of nitrogens with zero attached hydrogens (tertiary/aromatic N) is 1. The molecule has 0 radical (unpaired) electrons. The molecular formula is C24H20F3N3O4S. The highest BCUT2D eigenvalue weighted by Gasteiger charge is 2.46. The maximum absolute atomic E-state index is 12.8. The zero-order chi connectivity index (χ0) is 25.8. The molecule has 0 spiro atoms. The number of nitrogens with two attached hydrogens (primary N) is 2.